The summed E-state index contributed by atoms with van der Waals surface area (Å²) in [5.41, 5.74) is 2.71. The van der Waals surface area contributed by atoms with Gasteiger partial charge in [-0.3, -0.25) is 9.59 Å². The number of nitrogens with one attached hydrogen (secondary N) is 1. The third-order valence-corrected chi connectivity index (χ3v) is 5.71. The fraction of sp³-hybridized carbons (Fsp3) is 0.167. The SMILES string of the molecule is CCn1c2ccc(OC)cc2c(=O)c2cc3[nH]c4ccc(OC)cc4c(=O)c3cc21. The predicted molar refractivity (Wildman–Crippen MR) is 120 cm³/mol. The summed E-state index contributed by atoms with van der Waals surface area (Å²) >= 11 is 0. The van der Waals surface area contributed by atoms with E-state index >= 15 is 0 Å². The van der Waals surface area contributed by atoms with E-state index in [2.05, 4.69) is 9.55 Å². The molecule has 0 saturated heterocycles. The lowest BCUT2D eigenvalue weighted by Crippen LogP contribution is -2.13. The number of aryl methyl sites for hydroxylation is 1. The summed E-state index contributed by atoms with van der Waals surface area (Å²) in [5, 5.41) is 2.25. The van der Waals surface area contributed by atoms with Crippen molar-refractivity contribution in [1.82, 2.24) is 9.55 Å². The number of benzene rings is 3. The Kier molecular flexibility index (Phi) is 4.03. The first-order valence-electron chi connectivity index (χ1n) is 9.73. The van der Waals surface area contributed by atoms with E-state index in [1.165, 1.54) is 0 Å². The molecule has 3 aromatic carbocycles. The van der Waals surface area contributed by atoms with E-state index in [0.717, 1.165) is 11.0 Å². The Morgan fingerprint density at radius 3 is 2.03 bits per heavy atom. The minimum Gasteiger partial charge on any atom is -0.497 e. The average molecular weight is 400 g/mol. The number of hydrogen-bond donors (Lipinski definition) is 1. The molecule has 0 aliphatic rings. The van der Waals surface area contributed by atoms with Crippen molar-refractivity contribution >= 4 is 43.6 Å². The highest BCUT2D eigenvalue weighted by Crippen LogP contribution is 2.27. The molecule has 0 radical (unpaired) electrons. The minimum atomic E-state index is -0.0931. The highest BCUT2D eigenvalue weighted by atomic mass is 16.5. The summed E-state index contributed by atoms with van der Waals surface area (Å²) in [4.78, 5) is 29.9. The summed E-state index contributed by atoms with van der Waals surface area (Å²) in [5.74, 6) is 1.26. The Balaban J connectivity index is 1.98. The van der Waals surface area contributed by atoms with E-state index in [9.17, 15) is 9.59 Å². The molecule has 0 atom stereocenters. The number of hydrogen-bond acceptors (Lipinski definition) is 4. The monoisotopic (exact) mass is 400 g/mol. The molecule has 6 heteroatoms. The first-order chi connectivity index (χ1) is 14.5. The van der Waals surface area contributed by atoms with Crippen LogP contribution in [0.4, 0.5) is 0 Å². The van der Waals surface area contributed by atoms with Gasteiger partial charge in [0, 0.05) is 28.1 Å². The third-order valence-electron chi connectivity index (χ3n) is 5.71. The lowest BCUT2D eigenvalue weighted by atomic mass is 10.0. The van der Waals surface area contributed by atoms with Gasteiger partial charge < -0.3 is 19.0 Å². The van der Waals surface area contributed by atoms with E-state index in [1.54, 1.807) is 38.5 Å². The van der Waals surface area contributed by atoms with Crippen LogP contribution < -0.4 is 20.3 Å². The van der Waals surface area contributed by atoms with Crippen molar-refractivity contribution in [2.75, 3.05) is 14.2 Å². The van der Waals surface area contributed by atoms with Crippen LogP contribution in [0.3, 0.4) is 0 Å². The second-order valence-electron chi connectivity index (χ2n) is 7.24. The fourth-order valence-corrected chi connectivity index (χ4v) is 4.20. The van der Waals surface area contributed by atoms with E-state index in [-0.39, 0.29) is 10.9 Å². The topological polar surface area (TPSA) is 73.3 Å². The molecule has 0 fully saturated rings. The summed E-state index contributed by atoms with van der Waals surface area (Å²) in [6.45, 7) is 2.68. The molecule has 0 aliphatic carbocycles. The van der Waals surface area contributed by atoms with Crippen LogP contribution in [0.15, 0.2) is 58.1 Å². The van der Waals surface area contributed by atoms with Gasteiger partial charge in [0.05, 0.1) is 36.3 Å². The van der Waals surface area contributed by atoms with Crippen molar-refractivity contribution in [3.63, 3.8) is 0 Å². The van der Waals surface area contributed by atoms with Crippen LogP contribution in [0.25, 0.3) is 43.6 Å². The molecule has 2 aromatic heterocycles. The molecule has 0 amide bonds. The van der Waals surface area contributed by atoms with Gasteiger partial charge in [-0.15, -0.1) is 0 Å². The highest BCUT2D eigenvalue weighted by molar-refractivity contribution is 6.03. The Morgan fingerprint density at radius 2 is 1.33 bits per heavy atom. The van der Waals surface area contributed by atoms with E-state index in [0.29, 0.717) is 50.6 Å². The molecule has 6 nitrogen and oxygen atoms in total. The third kappa shape index (κ3) is 2.50. The normalized spacial score (nSPS) is 11.6. The van der Waals surface area contributed by atoms with Gasteiger partial charge in [0.2, 0.25) is 0 Å². The number of aromatic nitrogens is 2. The molecule has 0 bridgehead atoms. The lowest BCUT2D eigenvalue weighted by molar-refractivity contribution is 0.415. The van der Waals surface area contributed by atoms with Gasteiger partial charge >= 0.3 is 0 Å². The Hall–Kier alpha value is -3.80. The minimum absolute atomic E-state index is 0.0822. The predicted octanol–water partition coefficient (Wildman–Crippen LogP) is 4.19. The maximum Gasteiger partial charge on any atom is 0.197 e. The van der Waals surface area contributed by atoms with Crippen molar-refractivity contribution in [1.29, 1.82) is 0 Å². The molecule has 0 spiro atoms. The van der Waals surface area contributed by atoms with E-state index in [4.69, 9.17) is 9.47 Å². The number of aromatic amines is 1. The van der Waals surface area contributed by atoms with Crippen LogP contribution in [0.2, 0.25) is 0 Å². The van der Waals surface area contributed by atoms with Gasteiger partial charge in [0.1, 0.15) is 11.5 Å². The molecule has 0 aliphatic heterocycles. The standard InChI is InChI=1S/C24H20N2O4/c1-4-26-21-8-6-14(30-3)10-17(21)24(28)18-11-20-16(12-22(18)26)23(27)15-9-13(29-2)5-7-19(15)25-20/h5-12H,4H2,1-3H3,(H,25,27). The second-order valence-corrected chi connectivity index (χ2v) is 7.24. The van der Waals surface area contributed by atoms with Crippen molar-refractivity contribution < 1.29 is 9.47 Å². The van der Waals surface area contributed by atoms with Gasteiger partial charge in [-0.05, 0) is 55.5 Å². The van der Waals surface area contributed by atoms with Gasteiger partial charge in [-0.1, -0.05) is 0 Å². The Morgan fingerprint density at radius 1 is 0.733 bits per heavy atom. The van der Waals surface area contributed by atoms with Gasteiger partial charge in [0.25, 0.3) is 0 Å². The molecule has 30 heavy (non-hydrogen) atoms. The van der Waals surface area contributed by atoms with Gasteiger partial charge in [-0.2, -0.15) is 0 Å². The summed E-state index contributed by atoms with van der Waals surface area (Å²) in [6, 6.07) is 14.4. The number of ether oxygens (including phenoxy) is 2. The van der Waals surface area contributed by atoms with E-state index in [1.807, 2.05) is 31.2 Å². The highest BCUT2D eigenvalue weighted by Gasteiger charge is 2.15. The van der Waals surface area contributed by atoms with Gasteiger partial charge in [0.15, 0.2) is 10.9 Å². The van der Waals surface area contributed by atoms with Gasteiger partial charge in [-0.25, -0.2) is 0 Å². The number of nitrogens with zero attached hydrogens (tertiary/aromatic N) is 1. The van der Waals surface area contributed by atoms with Crippen LogP contribution in [-0.2, 0) is 6.54 Å². The molecule has 150 valence electrons. The number of H-pyrrole nitrogens is 1. The molecular weight excluding hydrogens is 380 g/mol. The van der Waals surface area contributed by atoms with Crippen molar-refractivity contribution in [3.05, 3.63) is 69.0 Å². The molecular formula is C24H20N2O4. The molecule has 1 N–H and O–H groups in total. The zero-order valence-electron chi connectivity index (χ0n) is 16.9. The molecule has 0 saturated carbocycles. The Bertz CT molecular complexity index is 1600. The average Bonchev–Trinajstić information content (AvgIpc) is 2.78. The van der Waals surface area contributed by atoms with Crippen LogP contribution in [0.1, 0.15) is 6.92 Å². The maximum atomic E-state index is 13.3. The Labute approximate surface area is 171 Å². The van der Waals surface area contributed by atoms with Crippen LogP contribution >= 0.6 is 0 Å². The quantitative estimate of drug-likeness (QED) is 0.461. The number of pyridine rings is 2. The summed E-state index contributed by atoms with van der Waals surface area (Å²) in [7, 11) is 3.16. The number of fused-ring (bicyclic) bond motifs is 4. The van der Waals surface area contributed by atoms with Crippen LogP contribution in [0.5, 0.6) is 11.5 Å². The van der Waals surface area contributed by atoms with E-state index < -0.39 is 0 Å². The molecule has 0 unspecified atom stereocenters. The van der Waals surface area contributed by atoms with Crippen LogP contribution in [0, 0.1) is 0 Å². The molecule has 5 aromatic rings. The summed E-state index contributed by atoms with van der Waals surface area (Å²) < 4.78 is 12.6. The molecule has 2 heterocycles. The zero-order valence-corrected chi connectivity index (χ0v) is 16.9. The number of rotatable bonds is 3. The maximum absolute atomic E-state index is 13.3. The largest absolute Gasteiger partial charge is 0.497 e. The smallest absolute Gasteiger partial charge is 0.197 e. The number of methoxy groups -OCH3 is 2. The fourth-order valence-electron chi connectivity index (χ4n) is 4.20. The molecule has 5 rings (SSSR count). The lowest BCUT2D eigenvalue weighted by Gasteiger charge is -2.15. The van der Waals surface area contributed by atoms with Crippen molar-refractivity contribution in [3.8, 4) is 11.5 Å². The first kappa shape index (κ1) is 18.2. The van der Waals surface area contributed by atoms with Crippen LogP contribution in [-0.4, -0.2) is 23.8 Å². The first-order valence-corrected chi connectivity index (χ1v) is 9.73. The van der Waals surface area contributed by atoms with Crippen molar-refractivity contribution in [2.24, 2.45) is 0 Å². The second kappa shape index (κ2) is 6.62. The summed E-state index contributed by atoms with van der Waals surface area (Å²) in [6.07, 6.45) is 0. The zero-order chi connectivity index (χ0) is 21.0. The van der Waals surface area contributed by atoms with Crippen molar-refractivity contribution in [2.45, 2.75) is 13.5 Å².